The minimum absolute atomic E-state index is 0.0207. The zero-order valence-corrected chi connectivity index (χ0v) is 11.6. The molecule has 2 rings (SSSR count). The Morgan fingerprint density at radius 2 is 2.41 bits per heavy atom. The molecule has 1 aliphatic heterocycles. The molecule has 1 aliphatic rings. The van der Waals surface area contributed by atoms with Crippen molar-refractivity contribution in [3.8, 4) is 0 Å². The number of anilines is 1. The van der Waals surface area contributed by atoms with Crippen molar-refractivity contribution in [2.45, 2.75) is 25.3 Å². The minimum atomic E-state index is 0.0207. The largest absolute Gasteiger partial charge is 0.325 e. The molecule has 0 aliphatic carbocycles. The first-order valence-corrected chi connectivity index (χ1v) is 6.80. The summed E-state index contributed by atoms with van der Waals surface area (Å²) in [4.78, 5) is 11.8. The second kappa shape index (κ2) is 5.85. The minimum Gasteiger partial charge on any atom is -0.325 e. The summed E-state index contributed by atoms with van der Waals surface area (Å²) in [6, 6.07) is 5.66. The Morgan fingerprint density at radius 1 is 1.59 bits per heavy atom. The highest BCUT2D eigenvalue weighted by atomic mass is 79.9. The molecule has 2 N–H and O–H groups in total. The van der Waals surface area contributed by atoms with Gasteiger partial charge in [0.05, 0.1) is 5.69 Å². The third-order valence-electron chi connectivity index (χ3n) is 2.80. The number of benzene rings is 1. The first-order valence-electron chi connectivity index (χ1n) is 5.63. The number of hydrogen-bond donors (Lipinski definition) is 2. The fourth-order valence-corrected chi connectivity index (χ4v) is 2.47. The zero-order valence-electron chi connectivity index (χ0n) is 9.30. The lowest BCUT2D eigenvalue weighted by Gasteiger charge is -2.11. The van der Waals surface area contributed by atoms with Crippen LogP contribution in [-0.4, -0.2) is 18.5 Å². The third kappa shape index (κ3) is 3.69. The molecular formula is C12H14BrClN2O. The van der Waals surface area contributed by atoms with Crippen LogP contribution in [0.1, 0.15) is 19.3 Å². The van der Waals surface area contributed by atoms with E-state index in [4.69, 9.17) is 11.6 Å². The Hall–Kier alpha value is -0.580. The maximum atomic E-state index is 11.8. The molecule has 0 bridgehead atoms. The van der Waals surface area contributed by atoms with Gasteiger partial charge in [0.1, 0.15) is 0 Å². The van der Waals surface area contributed by atoms with E-state index in [1.54, 1.807) is 12.1 Å². The van der Waals surface area contributed by atoms with Crippen molar-refractivity contribution in [3.05, 3.63) is 27.7 Å². The van der Waals surface area contributed by atoms with Gasteiger partial charge in [-0.15, -0.1) is 0 Å². The first-order chi connectivity index (χ1) is 8.15. The fourth-order valence-electron chi connectivity index (χ4n) is 1.95. The van der Waals surface area contributed by atoms with Crippen molar-refractivity contribution < 1.29 is 4.79 Å². The average molecular weight is 318 g/mol. The maximum absolute atomic E-state index is 11.8. The molecule has 0 spiro atoms. The van der Waals surface area contributed by atoms with E-state index in [2.05, 4.69) is 26.6 Å². The lowest BCUT2D eigenvalue weighted by molar-refractivity contribution is -0.116. The summed E-state index contributed by atoms with van der Waals surface area (Å²) in [5.74, 6) is 0.0207. The summed E-state index contributed by atoms with van der Waals surface area (Å²) in [6.07, 6.45) is 2.74. The predicted octanol–water partition coefficient (Wildman–Crippen LogP) is 3.18. The molecule has 1 saturated heterocycles. The quantitative estimate of drug-likeness (QED) is 0.899. The zero-order chi connectivity index (χ0) is 12.3. The van der Waals surface area contributed by atoms with E-state index in [0.717, 1.165) is 29.5 Å². The van der Waals surface area contributed by atoms with Gasteiger partial charge < -0.3 is 10.6 Å². The molecule has 0 radical (unpaired) electrons. The second-order valence-electron chi connectivity index (χ2n) is 4.17. The van der Waals surface area contributed by atoms with Gasteiger partial charge in [-0.1, -0.05) is 11.6 Å². The van der Waals surface area contributed by atoms with Gasteiger partial charge in [-0.05, 0) is 53.5 Å². The Balaban J connectivity index is 1.95. The normalized spacial score (nSPS) is 19.3. The molecule has 1 amide bonds. The number of nitrogens with one attached hydrogen (secondary N) is 2. The molecule has 0 saturated carbocycles. The first kappa shape index (κ1) is 12.9. The van der Waals surface area contributed by atoms with Crippen molar-refractivity contribution >= 4 is 39.1 Å². The number of hydrogen-bond acceptors (Lipinski definition) is 2. The van der Waals surface area contributed by atoms with Gasteiger partial charge in [-0.3, -0.25) is 4.79 Å². The number of carbonyl (C=O) groups excluding carboxylic acids is 1. The van der Waals surface area contributed by atoms with Crippen LogP contribution in [0.2, 0.25) is 5.02 Å². The standard InChI is InChI=1S/C12H14BrClN2O/c13-10-4-3-8(14)6-11(10)16-12(17)7-9-2-1-5-15-9/h3-4,6,9,15H,1-2,5,7H2,(H,16,17). The van der Waals surface area contributed by atoms with E-state index in [1.807, 2.05) is 6.07 Å². The van der Waals surface area contributed by atoms with Crippen LogP contribution in [0.3, 0.4) is 0 Å². The Bertz CT molecular complexity index is 419. The van der Waals surface area contributed by atoms with Crippen LogP contribution >= 0.6 is 27.5 Å². The third-order valence-corrected chi connectivity index (χ3v) is 3.72. The molecule has 1 atom stereocenters. The molecule has 1 unspecified atom stereocenters. The molecule has 1 fully saturated rings. The van der Waals surface area contributed by atoms with Gasteiger partial charge in [-0.2, -0.15) is 0 Å². The van der Waals surface area contributed by atoms with Crippen molar-refractivity contribution in [2.75, 3.05) is 11.9 Å². The van der Waals surface area contributed by atoms with Gasteiger partial charge in [0.25, 0.3) is 0 Å². The highest BCUT2D eigenvalue weighted by Gasteiger charge is 2.18. The van der Waals surface area contributed by atoms with Crippen molar-refractivity contribution in [1.82, 2.24) is 5.32 Å². The van der Waals surface area contributed by atoms with E-state index in [0.29, 0.717) is 17.5 Å². The SMILES string of the molecule is O=C(CC1CCCN1)Nc1cc(Cl)ccc1Br. The smallest absolute Gasteiger partial charge is 0.225 e. The van der Waals surface area contributed by atoms with E-state index in [1.165, 1.54) is 0 Å². The monoisotopic (exact) mass is 316 g/mol. The topological polar surface area (TPSA) is 41.1 Å². The Morgan fingerprint density at radius 3 is 3.12 bits per heavy atom. The molecule has 17 heavy (non-hydrogen) atoms. The predicted molar refractivity (Wildman–Crippen MR) is 73.4 cm³/mol. The molecular weight excluding hydrogens is 304 g/mol. The summed E-state index contributed by atoms with van der Waals surface area (Å²) in [7, 11) is 0. The van der Waals surface area contributed by atoms with E-state index in [-0.39, 0.29) is 5.91 Å². The van der Waals surface area contributed by atoms with Crippen LogP contribution in [-0.2, 0) is 4.79 Å². The van der Waals surface area contributed by atoms with Crippen LogP contribution in [0.15, 0.2) is 22.7 Å². The number of carbonyl (C=O) groups is 1. The Kier molecular flexibility index (Phi) is 4.42. The summed E-state index contributed by atoms with van der Waals surface area (Å²) in [6.45, 7) is 1.01. The summed E-state index contributed by atoms with van der Waals surface area (Å²) in [5.41, 5.74) is 0.723. The highest BCUT2D eigenvalue weighted by Crippen LogP contribution is 2.26. The lowest BCUT2D eigenvalue weighted by Crippen LogP contribution is -2.27. The van der Waals surface area contributed by atoms with Crippen molar-refractivity contribution in [2.24, 2.45) is 0 Å². The molecule has 3 nitrogen and oxygen atoms in total. The lowest BCUT2D eigenvalue weighted by atomic mass is 10.1. The molecule has 1 heterocycles. The van der Waals surface area contributed by atoms with Crippen LogP contribution < -0.4 is 10.6 Å². The summed E-state index contributed by atoms with van der Waals surface area (Å²) in [5, 5.41) is 6.78. The molecule has 0 aromatic heterocycles. The van der Waals surface area contributed by atoms with Gasteiger partial charge >= 0.3 is 0 Å². The van der Waals surface area contributed by atoms with Crippen molar-refractivity contribution in [3.63, 3.8) is 0 Å². The van der Waals surface area contributed by atoms with Crippen LogP contribution in [0.4, 0.5) is 5.69 Å². The van der Waals surface area contributed by atoms with E-state index in [9.17, 15) is 4.79 Å². The van der Waals surface area contributed by atoms with E-state index < -0.39 is 0 Å². The van der Waals surface area contributed by atoms with Gasteiger partial charge in [0.15, 0.2) is 0 Å². The fraction of sp³-hybridized carbons (Fsp3) is 0.417. The second-order valence-corrected chi connectivity index (χ2v) is 5.46. The molecule has 5 heteroatoms. The van der Waals surface area contributed by atoms with Gasteiger partial charge in [0, 0.05) is 22.0 Å². The molecule has 1 aromatic rings. The Labute approximate surface area is 114 Å². The van der Waals surface area contributed by atoms with E-state index >= 15 is 0 Å². The number of amides is 1. The maximum Gasteiger partial charge on any atom is 0.225 e. The molecule has 1 aromatic carbocycles. The number of halogens is 2. The molecule has 92 valence electrons. The average Bonchev–Trinajstić information content (AvgIpc) is 2.76. The number of rotatable bonds is 3. The summed E-state index contributed by atoms with van der Waals surface area (Å²) >= 11 is 9.27. The van der Waals surface area contributed by atoms with Crippen LogP contribution in [0.25, 0.3) is 0 Å². The highest BCUT2D eigenvalue weighted by molar-refractivity contribution is 9.10. The van der Waals surface area contributed by atoms with Crippen LogP contribution in [0.5, 0.6) is 0 Å². The van der Waals surface area contributed by atoms with Crippen LogP contribution in [0, 0.1) is 0 Å². The van der Waals surface area contributed by atoms with Gasteiger partial charge in [-0.25, -0.2) is 0 Å². The van der Waals surface area contributed by atoms with Gasteiger partial charge in [0.2, 0.25) is 5.91 Å². The van der Waals surface area contributed by atoms with Crippen molar-refractivity contribution in [1.29, 1.82) is 0 Å². The summed E-state index contributed by atoms with van der Waals surface area (Å²) < 4.78 is 0.842.